The second kappa shape index (κ2) is 4.64. The molecule has 2 fully saturated rings. The first-order chi connectivity index (χ1) is 9.15. The molecule has 1 saturated heterocycles. The van der Waals surface area contributed by atoms with Gasteiger partial charge in [-0.05, 0) is 37.3 Å². The lowest BCUT2D eigenvalue weighted by Crippen LogP contribution is -2.46. The molecule has 2 heterocycles. The van der Waals surface area contributed by atoms with E-state index in [2.05, 4.69) is 10.3 Å². The third kappa shape index (κ3) is 2.45. The molecule has 5 heteroatoms. The smallest absolute Gasteiger partial charge is 0.249 e. The van der Waals surface area contributed by atoms with E-state index in [9.17, 15) is 9.59 Å². The summed E-state index contributed by atoms with van der Waals surface area (Å²) in [6.45, 7) is 2.37. The largest absolute Gasteiger partial charge is 0.344 e. The SMILES string of the molecule is Cc1cncc(N2CCC(=O)NC(C3CC3)C2=O)c1. The van der Waals surface area contributed by atoms with Crippen LogP contribution in [0.2, 0.25) is 0 Å². The van der Waals surface area contributed by atoms with Crippen LogP contribution in [0.1, 0.15) is 24.8 Å². The summed E-state index contributed by atoms with van der Waals surface area (Å²) in [4.78, 5) is 30.1. The summed E-state index contributed by atoms with van der Waals surface area (Å²) in [6.07, 6.45) is 5.84. The average Bonchev–Trinajstić information content (AvgIpc) is 3.19. The molecule has 1 aromatic rings. The van der Waals surface area contributed by atoms with Gasteiger partial charge in [0.05, 0.1) is 11.9 Å². The van der Waals surface area contributed by atoms with Gasteiger partial charge in [0.2, 0.25) is 11.8 Å². The molecular formula is C14H17N3O2. The number of anilines is 1. The van der Waals surface area contributed by atoms with Gasteiger partial charge in [-0.1, -0.05) is 0 Å². The second-order valence-electron chi connectivity index (χ2n) is 5.34. The topological polar surface area (TPSA) is 62.3 Å². The van der Waals surface area contributed by atoms with Gasteiger partial charge < -0.3 is 10.2 Å². The number of aryl methyl sites for hydroxylation is 1. The number of hydrogen-bond donors (Lipinski definition) is 1. The van der Waals surface area contributed by atoms with Crippen LogP contribution in [0, 0.1) is 12.8 Å². The number of hydrogen-bond acceptors (Lipinski definition) is 3. The molecule has 0 radical (unpaired) electrons. The van der Waals surface area contributed by atoms with Crippen LogP contribution >= 0.6 is 0 Å². The molecule has 2 amide bonds. The van der Waals surface area contributed by atoms with Gasteiger partial charge >= 0.3 is 0 Å². The van der Waals surface area contributed by atoms with E-state index in [1.54, 1.807) is 17.3 Å². The lowest BCUT2D eigenvalue weighted by molar-refractivity contribution is -0.126. The summed E-state index contributed by atoms with van der Waals surface area (Å²) in [5.74, 6) is 0.281. The Labute approximate surface area is 112 Å². The molecule has 19 heavy (non-hydrogen) atoms. The van der Waals surface area contributed by atoms with Gasteiger partial charge in [0.15, 0.2) is 0 Å². The van der Waals surface area contributed by atoms with Crippen molar-refractivity contribution in [3.05, 3.63) is 24.0 Å². The summed E-state index contributed by atoms with van der Waals surface area (Å²) >= 11 is 0. The summed E-state index contributed by atoms with van der Waals surface area (Å²) < 4.78 is 0. The Balaban J connectivity index is 1.90. The van der Waals surface area contributed by atoms with Crippen molar-refractivity contribution >= 4 is 17.5 Å². The first kappa shape index (κ1) is 12.1. The van der Waals surface area contributed by atoms with Crippen molar-refractivity contribution < 1.29 is 9.59 Å². The predicted octanol–water partition coefficient (Wildman–Crippen LogP) is 1.02. The van der Waals surface area contributed by atoms with Crippen molar-refractivity contribution in [2.45, 2.75) is 32.2 Å². The number of aromatic nitrogens is 1. The molecule has 1 aromatic heterocycles. The van der Waals surface area contributed by atoms with Crippen LogP contribution in [0.4, 0.5) is 5.69 Å². The molecule has 5 nitrogen and oxygen atoms in total. The van der Waals surface area contributed by atoms with Gasteiger partial charge in [0.1, 0.15) is 6.04 Å². The third-order valence-electron chi connectivity index (χ3n) is 3.68. The molecule has 1 atom stereocenters. The van der Waals surface area contributed by atoms with Crippen LogP contribution < -0.4 is 10.2 Å². The predicted molar refractivity (Wildman–Crippen MR) is 70.6 cm³/mol. The van der Waals surface area contributed by atoms with Crippen LogP contribution in [-0.2, 0) is 9.59 Å². The number of carbonyl (C=O) groups is 2. The minimum atomic E-state index is -0.351. The van der Waals surface area contributed by atoms with Crippen LogP contribution in [0.25, 0.3) is 0 Å². The van der Waals surface area contributed by atoms with Gasteiger partial charge in [0, 0.05) is 19.2 Å². The van der Waals surface area contributed by atoms with Crippen molar-refractivity contribution in [2.75, 3.05) is 11.4 Å². The summed E-state index contributed by atoms with van der Waals surface area (Å²) in [6, 6.07) is 1.58. The molecule has 1 aliphatic carbocycles. The van der Waals surface area contributed by atoms with E-state index in [1.165, 1.54) is 0 Å². The number of nitrogens with one attached hydrogen (secondary N) is 1. The van der Waals surface area contributed by atoms with E-state index in [4.69, 9.17) is 0 Å². The summed E-state index contributed by atoms with van der Waals surface area (Å²) in [5, 5.41) is 2.85. The van der Waals surface area contributed by atoms with Gasteiger partial charge in [-0.25, -0.2) is 0 Å². The Morgan fingerprint density at radius 2 is 2.11 bits per heavy atom. The van der Waals surface area contributed by atoms with E-state index in [0.717, 1.165) is 24.1 Å². The van der Waals surface area contributed by atoms with E-state index in [0.29, 0.717) is 18.9 Å². The van der Waals surface area contributed by atoms with E-state index in [1.807, 2.05) is 13.0 Å². The van der Waals surface area contributed by atoms with Crippen LogP contribution in [0.15, 0.2) is 18.5 Å². The normalized spacial score (nSPS) is 24.1. The molecule has 1 saturated carbocycles. The zero-order valence-corrected chi connectivity index (χ0v) is 10.9. The van der Waals surface area contributed by atoms with Gasteiger partial charge in [-0.2, -0.15) is 0 Å². The third-order valence-corrected chi connectivity index (χ3v) is 3.68. The van der Waals surface area contributed by atoms with Crippen molar-refractivity contribution in [3.63, 3.8) is 0 Å². The fraction of sp³-hybridized carbons (Fsp3) is 0.500. The fourth-order valence-electron chi connectivity index (χ4n) is 2.49. The highest BCUT2D eigenvalue weighted by atomic mass is 16.2. The Morgan fingerprint density at radius 1 is 1.32 bits per heavy atom. The molecule has 1 unspecified atom stereocenters. The van der Waals surface area contributed by atoms with Gasteiger partial charge in [-0.3, -0.25) is 14.6 Å². The van der Waals surface area contributed by atoms with Gasteiger partial charge in [-0.15, -0.1) is 0 Å². The minimum absolute atomic E-state index is 0.000694. The highest BCUT2D eigenvalue weighted by Crippen LogP contribution is 2.34. The molecule has 1 N–H and O–H groups in total. The van der Waals surface area contributed by atoms with Crippen molar-refractivity contribution in [1.82, 2.24) is 10.3 Å². The molecule has 1 aliphatic heterocycles. The molecule has 100 valence electrons. The maximum atomic E-state index is 12.6. The second-order valence-corrected chi connectivity index (χ2v) is 5.34. The molecule has 0 spiro atoms. The van der Waals surface area contributed by atoms with Gasteiger partial charge in [0.25, 0.3) is 0 Å². The van der Waals surface area contributed by atoms with E-state index >= 15 is 0 Å². The van der Waals surface area contributed by atoms with Crippen LogP contribution in [0.5, 0.6) is 0 Å². The first-order valence-corrected chi connectivity index (χ1v) is 6.67. The fourth-order valence-corrected chi connectivity index (χ4v) is 2.49. The minimum Gasteiger partial charge on any atom is -0.344 e. The summed E-state index contributed by atoms with van der Waals surface area (Å²) in [5.41, 5.74) is 1.80. The standard InChI is InChI=1S/C14H17N3O2/c1-9-6-11(8-15-7-9)17-5-4-12(18)16-13(14(17)19)10-2-3-10/h6-8,10,13H,2-5H2,1H3,(H,16,18). The number of rotatable bonds is 2. The van der Waals surface area contributed by atoms with E-state index < -0.39 is 0 Å². The van der Waals surface area contributed by atoms with Crippen molar-refractivity contribution in [2.24, 2.45) is 5.92 Å². The zero-order chi connectivity index (χ0) is 13.4. The Kier molecular flexibility index (Phi) is 2.97. The maximum Gasteiger partial charge on any atom is 0.249 e. The molecular weight excluding hydrogens is 242 g/mol. The quantitative estimate of drug-likeness (QED) is 0.862. The van der Waals surface area contributed by atoms with Crippen LogP contribution in [-0.4, -0.2) is 29.4 Å². The lowest BCUT2D eigenvalue weighted by Gasteiger charge is -2.24. The average molecular weight is 259 g/mol. The number of carbonyl (C=O) groups excluding carboxylic acids is 2. The zero-order valence-electron chi connectivity index (χ0n) is 10.9. The highest BCUT2D eigenvalue weighted by Gasteiger charge is 2.41. The Hall–Kier alpha value is -1.91. The first-order valence-electron chi connectivity index (χ1n) is 6.67. The number of nitrogens with zero attached hydrogens (tertiary/aromatic N) is 2. The molecule has 2 aliphatic rings. The van der Waals surface area contributed by atoms with Crippen LogP contribution in [0.3, 0.4) is 0 Å². The molecule has 3 rings (SSSR count). The molecule has 0 bridgehead atoms. The number of pyridine rings is 1. The lowest BCUT2D eigenvalue weighted by atomic mass is 10.1. The number of amides is 2. The van der Waals surface area contributed by atoms with Crippen molar-refractivity contribution in [1.29, 1.82) is 0 Å². The Bertz CT molecular complexity index is 525. The monoisotopic (exact) mass is 259 g/mol. The Morgan fingerprint density at radius 3 is 2.79 bits per heavy atom. The van der Waals surface area contributed by atoms with Crippen molar-refractivity contribution in [3.8, 4) is 0 Å². The highest BCUT2D eigenvalue weighted by molar-refractivity contribution is 6.01. The summed E-state index contributed by atoms with van der Waals surface area (Å²) in [7, 11) is 0. The molecule has 0 aromatic carbocycles. The maximum absolute atomic E-state index is 12.6. The van der Waals surface area contributed by atoms with E-state index in [-0.39, 0.29) is 17.9 Å².